The van der Waals surface area contributed by atoms with Crippen molar-refractivity contribution in [2.24, 2.45) is 0 Å². The molecule has 3 fully saturated rings. The van der Waals surface area contributed by atoms with E-state index in [0.717, 1.165) is 89.7 Å². The van der Waals surface area contributed by atoms with Crippen LogP contribution in [0.25, 0.3) is 50.4 Å². The Morgan fingerprint density at radius 3 is 0.952 bits per heavy atom. The van der Waals surface area contributed by atoms with Crippen molar-refractivity contribution in [2.45, 2.75) is 38.5 Å². The van der Waals surface area contributed by atoms with E-state index < -0.39 is 0 Å². The molecule has 0 spiro atoms. The number of fused-ring (bicyclic) bond motifs is 12. The number of imidazole rings is 3. The predicted molar refractivity (Wildman–Crippen MR) is 170 cm³/mol. The van der Waals surface area contributed by atoms with Gasteiger partial charge < -0.3 is 14.7 Å². The molecule has 9 nitrogen and oxygen atoms in total. The number of rotatable bonds is 3. The van der Waals surface area contributed by atoms with E-state index in [4.69, 9.17) is 15.0 Å². The van der Waals surface area contributed by atoms with Crippen molar-refractivity contribution in [3.8, 4) is 0 Å². The van der Waals surface area contributed by atoms with Gasteiger partial charge in [0.25, 0.3) is 0 Å². The third kappa shape index (κ3) is 3.16. The third-order valence-corrected chi connectivity index (χ3v) is 9.87. The first-order valence-electron chi connectivity index (χ1n) is 15.6. The quantitative estimate of drug-likeness (QED) is 0.271. The van der Waals surface area contributed by atoms with E-state index in [-0.39, 0.29) is 0 Å². The minimum absolute atomic E-state index is 0.863. The maximum absolute atomic E-state index is 5.25. The molecular weight excluding hydrogens is 522 g/mol. The van der Waals surface area contributed by atoms with Gasteiger partial charge in [0.2, 0.25) is 17.3 Å². The van der Waals surface area contributed by atoms with Crippen LogP contribution in [-0.2, 0) is 0 Å². The molecule has 0 saturated carbocycles. The highest BCUT2D eigenvalue weighted by atomic mass is 15.3. The molecule has 3 aliphatic heterocycles. The molecule has 0 radical (unpaired) electrons. The minimum atomic E-state index is 0.863. The van der Waals surface area contributed by atoms with Crippen LogP contribution in [0.5, 0.6) is 0 Å². The van der Waals surface area contributed by atoms with Crippen molar-refractivity contribution < 1.29 is 0 Å². The number of benzene rings is 3. The van der Waals surface area contributed by atoms with E-state index in [1.54, 1.807) is 0 Å². The summed E-state index contributed by atoms with van der Waals surface area (Å²) in [7, 11) is 0. The Kier molecular flexibility index (Phi) is 4.67. The highest BCUT2D eigenvalue weighted by molar-refractivity contribution is 5.93. The Morgan fingerprint density at radius 1 is 0.381 bits per heavy atom. The molecular formula is C33H33N9. The monoisotopic (exact) mass is 555 g/mol. The number of nitrogens with zero attached hydrogens (tertiary/aromatic N) is 9. The van der Waals surface area contributed by atoms with Gasteiger partial charge in [-0.3, -0.25) is 0 Å². The summed E-state index contributed by atoms with van der Waals surface area (Å²) in [6, 6.07) is 20.2. The molecule has 7 aromatic rings. The van der Waals surface area contributed by atoms with Crippen LogP contribution in [0.15, 0.2) is 54.6 Å². The molecule has 4 aromatic heterocycles. The first-order chi connectivity index (χ1) is 20.8. The van der Waals surface area contributed by atoms with Gasteiger partial charge >= 0.3 is 0 Å². The molecule has 10 rings (SSSR count). The van der Waals surface area contributed by atoms with E-state index in [0.29, 0.717) is 0 Å². The van der Waals surface area contributed by atoms with Crippen LogP contribution in [0.2, 0.25) is 0 Å². The molecule has 42 heavy (non-hydrogen) atoms. The molecule has 3 saturated heterocycles. The van der Waals surface area contributed by atoms with E-state index >= 15 is 0 Å². The summed E-state index contributed by atoms with van der Waals surface area (Å²) in [4.78, 5) is 23.2. The maximum atomic E-state index is 5.25. The lowest BCUT2D eigenvalue weighted by Gasteiger charge is -2.17. The lowest BCUT2D eigenvalue weighted by atomic mass is 10.2. The van der Waals surface area contributed by atoms with Crippen molar-refractivity contribution >= 4 is 67.5 Å². The summed E-state index contributed by atoms with van der Waals surface area (Å²) < 4.78 is 6.79. The smallest absolute Gasteiger partial charge is 0.225 e. The van der Waals surface area contributed by atoms with Gasteiger partial charge in [0.1, 0.15) is 0 Å². The molecule has 7 heterocycles. The summed E-state index contributed by atoms with van der Waals surface area (Å²) in [5.74, 6) is 2.59. The summed E-state index contributed by atoms with van der Waals surface area (Å²) in [5.41, 5.74) is 10.0. The fraction of sp³-hybridized carbons (Fsp3) is 0.364. The van der Waals surface area contributed by atoms with Gasteiger partial charge in [0.15, 0.2) is 0 Å². The fourth-order valence-electron chi connectivity index (χ4n) is 7.71. The number of hydrogen-bond donors (Lipinski definition) is 0. The van der Waals surface area contributed by atoms with Gasteiger partial charge in [0.05, 0.1) is 33.1 Å². The van der Waals surface area contributed by atoms with Crippen LogP contribution in [0.4, 0.5) is 17.1 Å². The molecule has 0 aliphatic carbocycles. The molecule has 0 bridgehead atoms. The van der Waals surface area contributed by atoms with Crippen LogP contribution < -0.4 is 14.7 Å². The Bertz CT molecular complexity index is 1910. The Morgan fingerprint density at radius 2 is 0.667 bits per heavy atom. The van der Waals surface area contributed by atoms with Crippen molar-refractivity contribution in [3.05, 3.63) is 54.6 Å². The fourth-order valence-corrected chi connectivity index (χ4v) is 7.71. The average molecular weight is 556 g/mol. The highest BCUT2D eigenvalue weighted by Crippen LogP contribution is 2.34. The first-order valence-corrected chi connectivity index (χ1v) is 15.6. The molecule has 0 unspecified atom stereocenters. The third-order valence-electron chi connectivity index (χ3n) is 9.87. The minimum Gasteiger partial charge on any atom is -0.371 e. The second-order valence-corrected chi connectivity index (χ2v) is 12.3. The Balaban J connectivity index is 1.34. The molecule has 3 aromatic carbocycles. The molecule has 0 amide bonds. The van der Waals surface area contributed by atoms with Crippen molar-refractivity contribution in [1.29, 1.82) is 0 Å². The zero-order valence-corrected chi connectivity index (χ0v) is 23.7. The molecule has 3 aliphatic rings. The van der Waals surface area contributed by atoms with Crippen molar-refractivity contribution in [2.75, 3.05) is 54.0 Å². The van der Waals surface area contributed by atoms with Gasteiger partial charge in [-0.15, -0.1) is 0 Å². The van der Waals surface area contributed by atoms with E-state index in [1.807, 2.05) is 0 Å². The van der Waals surface area contributed by atoms with Crippen LogP contribution in [-0.4, -0.2) is 67.4 Å². The summed E-state index contributed by atoms with van der Waals surface area (Å²) in [6.07, 6.45) is 7.51. The normalized spacial score (nSPS) is 18.1. The molecule has 9 heteroatoms. The van der Waals surface area contributed by atoms with Crippen LogP contribution in [0.1, 0.15) is 38.5 Å². The Hall–Kier alpha value is -4.53. The lowest BCUT2D eigenvalue weighted by Crippen LogP contribution is -2.17. The highest BCUT2D eigenvalue weighted by Gasteiger charge is 2.24. The van der Waals surface area contributed by atoms with Gasteiger partial charge in [-0.25, -0.2) is 28.2 Å². The molecule has 0 N–H and O–H groups in total. The summed E-state index contributed by atoms with van der Waals surface area (Å²) >= 11 is 0. The van der Waals surface area contributed by atoms with Gasteiger partial charge in [-0.05, 0) is 93.1 Å². The van der Waals surface area contributed by atoms with Crippen molar-refractivity contribution in [1.82, 2.24) is 28.2 Å². The number of anilines is 3. The number of hydrogen-bond acceptors (Lipinski definition) is 6. The van der Waals surface area contributed by atoms with E-state index in [2.05, 4.69) is 82.5 Å². The summed E-state index contributed by atoms with van der Waals surface area (Å²) in [6.45, 7) is 6.67. The second-order valence-electron chi connectivity index (χ2n) is 12.3. The van der Waals surface area contributed by atoms with Crippen LogP contribution in [0, 0.1) is 0 Å². The average Bonchev–Trinajstić information content (AvgIpc) is 3.86. The van der Waals surface area contributed by atoms with Gasteiger partial charge in [0, 0.05) is 56.3 Å². The summed E-state index contributed by atoms with van der Waals surface area (Å²) in [5, 5.41) is 0. The zero-order chi connectivity index (χ0) is 27.4. The topological polar surface area (TPSA) is 61.6 Å². The molecule has 0 atom stereocenters. The maximum Gasteiger partial charge on any atom is 0.225 e. The number of aromatic nitrogens is 6. The standard InChI is InChI=1S/C33H33N9/c1-2-14-37(13-1)22-7-10-25-28(19-22)40-31(34-25)41-30-21-24(39-17-5-6-18-39)9-12-27(30)36-33(41)42-29-20-23(38-15-3-4-16-38)8-11-26(29)35-32(40)42/h7-12,19-21H,1-6,13-18H2. The second kappa shape index (κ2) is 8.50. The van der Waals surface area contributed by atoms with Gasteiger partial charge in [-0.2, -0.15) is 0 Å². The zero-order valence-electron chi connectivity index (χ0n) is 23.7. The van der Waals surface area contributed by atoms with Crippen LogP contribution in [0.3, 0.4) is 0 Å². The lowest BCUT2D eigenvalue weighted by molar-refractivity contribution is 0.949. The Labute approximate surface area is 242 Å². The SMILES string of the molecule is c1cc2nc3n(c2cc1N1CCCC1)c1nc2ccc(N4CCCC4)cc2n1c1nc2ccc(N4CCCC4)cc2n31. The van der Waals surface area contributed by atoms with E-state index in [9.17, 15) is 0 Å². The molecule has 210 valence electrons. The van der Waals surface area contributed by atoms with Crippen LogP contribution >= 0.6 is 0 Å². The largest absolute Gasteiger partial charge is 0.371 e. The van der Waals surface area contributed by atoms with E-state index in [1.165, 1.54) is 55.6 Å². The van der Waals surface area contributed by atoms with Crippen molar-refractivity contribution in [3.63, 3.8) is 0 Å². The first kappa shape index (κ1) is 23.1. The predicted octanol–water partition coefficient (Wildman–Crippen LogP) is 5.89. The van der Waals surface area contributed by atoms with Gasteiger partial charge in [-0.1, -0.05) is 0 Å².